The van der Waals surface area contributed by atoms with E-state index >= 15 is 4.39 Å². The second-order valence-electron chi connectivity index (χ2n) is 15.0. The molecule has 3 aromatic carbocycles. The van der Waals surface area contributed by atoms with Gasteiger partial charge in [0.05, 0.1) is 17.6 Å². The number of piperidine rings is 1. The number of likely N-dealkylation sites (tertiary alicyclic amines) is 1. The molecular formula is C42H49FN6O4. The number of carbonyl (C=O) groups is 1. The molecule has 0 spiro atoms. The van der Waals surface area contributed by atoms with E-state index in [1.54, 1.807) is 0 Å². The highest BCUT2D eigenvalue weighted by Gasteiger charge is 2.35. The number of anilines is 1. The lowest BCUT2D eigenvalue weighted by Crippen LogP contribution is -2.52. The van der Waals surface area contributed by atoms with E-state index in [1.165, 1.54) is 4.90 Å². The van der Waals surface area contributed by atoms with Crippen molar-refractivity contribution in [3.8, 4) is 23.0 Å². The van der Waals surface area contributed by atoms with E-state index in [1.807, 2.05) is 105 Å². The highest BCUT2D eigenvalue weighted by atomic mass is 19.1. The van der Waals surface area contributed by atoms with Crippen LogP contribution in [0.25, 0.3) is 22.2 Å². The molecule has 4 heterocycles. The van der Waals surface area contributed by atoms with Gasteiger partial charge in [-0.2, -0.15) is 10.1 Å². The van der Waals surface area contributed by atoms with Gasteiger partial charge < -0.3 is 24.0 Å². The molecule has 2 saturated heterocycles. The van der Waals surface area contributed by atoms with Crippen LogP contribution in [-0.4, -0.2) is 88.2 Å². The molecule has 0 bridgehead atoms. The van der Waals surface area contributed by atoms with Crippen LogP contribution >= 0.6 is 0 Å². The SMILES string of the molecule is Cn1nc(-c2ccc(OCc3ccccc3)nc2OCc2ccccc2)c2ccc(N3CCN(C[C@@H]4CCN(C(=O)OC(C)(C)C)C[C@@H]4F)CC3)cc21. The molecule has 278 valence electrons. The molecule has 0 aliphatic carbocycles. The Labute approximate surface area is 311 Å². The summed E-state index contributed by atoms with van der Waals surface area (Å²) in [5.41, 5.74) is 5.24. The van der Waals surface area contributed by atoms with E-state index in [4.69, 9.17) is 24.3 Å². The minimum atomic E-state index is -1.06. The van der Waals surface area contributed by atoms with Gasteiger partial charge in [0.2, 0.25) is 11.8 Å². The van der Waals surface area contributed by atoms with Crippen LogP contribution in [0.15, 0.2) is 91.0 Å². The van der Waals surface area contributed by atoms with Gasteiger partial charge in [-0.05, 0) is 62.6 Å². The van der Waals surface area contributed by atoms with Crippen LogP contribution in [0.3, 0.4) is 0 Å². The third-order valence-electron chi connectivity index (χ3n) is 9.93. The molecule has 2 aromatic heterocycles. The summed E-state index contributed by atoms with van der Waals surface area (Å²) in [6.45, 7) is 10.9. The number of fused-ring (bicyclic) bond motifs is 1. The fraction of sp³-hybridized carbons (Fsp3) is 0.405. The molecule has 10 nitrogen and oxygen atoms in total. The van der Waals surface area contributed by atoms with Crippen molar-refractivity contribution >= 4 is 22.7 Å². The normalized spacial score (nSPS) is 18.3. The number of ether oxygens (including phenoxy) is 3. The number of aryl methyl sites for hydroxylation is 1. The van der Waals surface area contributed by atoms with Gasteiger partial charge in [0, 0.05) is 69.4 Å². The maximum Gasteiger partial charge on any atom is 0.410 e. The Morgan fingerprint density at radius 3 is 2.19 bits per heavy atom. The summed E-state index contributed by atoms with van der Waals surface area (Å²) in [5, 5.41) is 5.97. The first kappa shape index (κ1) is 36.2. The second-order valence-corrected chi connectivity index (χ2v) is 15.0. The van der Waals surface area contributed by atoms with Crippen LogP contribution in [0.1, 0.15) is 38.3 Å². The number of carbonyl (C=O) groups excluding carboxylic acids is 1. The number of benzene rings is 3. The fourth-order valence-electron chi connectivity index (χ4n) is 7.06. The zero-order valence-electron chi connectivity index (χ0n) is 31.1. The minimum absolute atomic E-state index is 0.0924. The van der Waals surface area contributed by atoms with Gasteiger partial charge in [-0.1, -0.05) is 60.7 Å². The zero-order chi connectivity index (χ0) is 37.0. The molecule has 2 atom stereocenters. The molecule has 2 fully saturated rings. The van der Waals surface area contributed by atoms with Gasteiger partial charge in [-0.3, -0.25) is 9.58 Å². The average Bonchev–Trinajstić information content (AvgIpc) is 3.49. The predicted octanol–water partition coefficient (Wildman–Crippen LogP) is 7.51. The van der Waals surface area contributed by atoms with E-state index in [0.29, 0.717) is 44.5 Å². The van der Waals surface area contributed by atoms with Crippen molar-refractivity contribution in [2.45, 2.75) is 52.2 Å². The highest BCUT2D eigenvalue weighted by Crippen LogP contribution is 2.37. The summed E-state index contributed by atoms with van der Waals surface area (Å²) in [6.07, 6.45) is -0.855. The lowest BCUT2D eigenvalue weighted by atomic mass is 9.94. The van der Waals surface area contributed by atoms with Gasteiger partial charge >= 0.3 is 6.09 Å². The van der Waals surface area contributed by atoms with Gasteiger partial charge in [0.25, 0.3) is 0 Å². The highest BCUT2D eigenvalue weighted by molar-refractivity contribution is 5.96. The summed E-state index contributed by atoms with van der Waals surface area (Å²) < 4.78 is 35.0. The van der Waals surface area contributed by atoms with E-state index in [2.05, 4.69) is 28.0 Å². The van der Waals surface area contributed by atoms with Crippen LogP contribution in [0, 0.1) is 5.92 Å². The molecule has 0 saturated carbocycles. The number of nitrogens with zero attached hydrogens (tertiary/aromatic N) is 6. The van der Waals surface area contributed by atoms with Gasteiger partial charge in [-0.25, -0.2) is 9.18 Å². The van der Waals surface area contributed by atoms with Gasteiger partial charge in [-0.15, -0.1) is 0 Å². The van der Waals surface area contributed by atoms with Crippen LogP contribution in [0.5, 0.6) is 11.8 Å². The summed E-state index contributed by atoms with van der Waals surface area (Å²) in [7, 11) is 1.96. The molecular weight excluding hydrogens is 671 g/mol. The van der Waals surface area contributed by atoms with Crippen LogP contribution in [0.2, 0.25) is 0 Å². The number of halogens is 1. The topological polar surface area (TPSA) is 85.2 Å². The van der Waals surface area contributed by atoms with Crippen LogP contribution in [0.4, 0.5) is 14.9 Å². The number of alkyl halides is 1. The number of hydrogen-bond donors (Lipinski definition) is 0. The Morgan fingerprint density at radius 1 is 0.849 bits per heavy atom. The first-order valence-corrected chi connectivity index (χ1v) is 18.5. The Bertz CT molecular complexity index is 1990. The fourth-order valence-corrected chi connectivity index (χ4v) is 7.06. The average molecular weight is 721 g/mol. The van der Waals surface area contributed by atoms with Gasteiger partial charge in [0.1, 0.15) is 30.7 Å². The van der Waals surface area contributed by atoms with Crippen molar-refractivity contribution < 1.29 is 23.4 Å². The smallest absolute Gasteiger partial charge is 0.410 e. The van der Waals surface area contributed by atoms with Crippen molar-refractivity contribution in [1.82, 2.24) is 24.6 Å². The Morgan fingerprint density at radius 2 is 1.53 bits per heavy atom. The number of pyridine rings is 1. The third-order valence-corrected chi connectivity index (χ3v) is 9.93. The van der Waals surface area contributed by atoms with Crippen molar-refractivity contribution in [3.05, 3.63) is 102 Å². The number of rotatable bonds is 10. The maximum absolute atomic E-state index is 15.3. The summed E-state index contributed by atoms with van der Waals surface area (Å²) >= 11 is 0. The van der Waals surface area contributed by atoms with Crippen molar-refractivity contribution in [1.29, 1.82) is 0 Å². The molecule has 0 unspecified atom stereocenters. The standard InChI is InChI=1S/C42H49FN6O4/c1-42(2,3)53-41(50)49-20-19-32(36(43)27-49)26-47-21-23-48(24-22-47)33-15-16-34-37(25-33)46(4)45-39(34)35-17-18-38(51-28-30-11-7-5-8-12-30)44-40(35)52-29-31-13-9-6-10-14-31/h5-18,25,32,36H,19-24,26-29H2,1-4H3/t32-,36-/m0/s1. The molecule has 2 aliphatic rings. The molecule has 1 amide bonds. The molecule has 0 radical (unpaired) electrons. The number of aromatic nitrogens is 3. The second kappa shape index (κ2) is 15.8. The summed E-state index contributed by atoms with van der Waals surface area (Å²) in [6, 6.07) is 30.4. The maximum atomic E-state index is 15.3. The number of amides is 1. The lowest BCUT2D eigenvalue weighted by molar-refractivity contribution is 0.00145. The first-order valence-electron chi connectivity index (χ1n) is 18.5. The minimum Gasteiger partial charge on any atom is -0.473 e. The first-order chi connectivity index (χ1) is 25.6. The monoisotopic (exact) mass is 720 g/mol. The largest absolute Gasteiger partial charge is 0.473 e. The van der Waals surface area contributed by atoms with Crippen molar-refractivity contribution in [3.63, 3.8) is 0 Å². The van der Waals surface area contributed by atoms with Gasteiger partial charge in [0.15, 0.2) is 0 Å². The van der Waals surface area contributed by atoms with E-state index in [0.717, 1.165) is 65.2 Å². The van der Waals surface area contributed by atoms with Crippen LogP contribution in [-0.2, 0) is 25.0 Å². The lowest BCUT2D eigenvalue weighted by Gasteiger charge is -2.40. The van der Waals surface area contributed by atoms with Crippen molar-refractivity contribution in [2.24, 2.45) is 13.0 Å². The summed E-state index contributed by atoms with van der Waals surface area (Å²) in [4.78, 5) is 23.5. The van der Waals surface area contributed by atoms with Crippen LogP contribution < -0.4 is 14.4 Å². The van der Waals surface area contributed by atoms with E-state index < -0.39 is 17.9 Å². The summed E-state index contributed by atoms with van der Waals surface area (Å²) in [5.74, 6) is 0.853. The Kier molecular flexibility index (Phi) is 10.8. The van der Waals surface area contributed by atoms with E-state index in [-0.39, 0.29) is 12.5 Å². The number of piperazine rings is 1. The Balaban J connectivity index is 1.02. The zero-order valence-corrected chi connectivity index (χ0v) is 31.1. The van der Waals surface area contributed by atoms with Crippen molar-refractivity contribution in [2.75, 3.05) is 50.7 Å². The molecule has 5 aromatic rings. The Hall–Kier alpha value is -5.16. The third kappa shape index (κ3) is 8.90. The molecule has 53 heavy (non-hydrogen) atoms. The quantitative estimate of drug-likeness (QED) is 0.147. The molecule has 0 N–H and O–H groups in total. The van der Waals surface area contributed by atoms with E-state index in [9.17, 15) is 4.79 Å². The molecule has 2 aliphatic heterocycles. The predicted molar refractivity (Wildman–Crippen MR) is 205 cm³/mol. The molecule has 11 heteroatoms. The molecule has 7 rings (SSSR count). The number of hydrogen-bond acceptors (Lipinski definition) is 8.